The van der Waals surface area contributed by atoms with Crippen LogP contribution in [0.1, 0.15) is 46.5 Å². The van der Waals surface area contributed by atoms with Gasteiger partial charge in [0.15, 0.2) is 0 Å². The van der Waals surface area contributed by atoms with Crippen LogP contribution in [0.2, 0.25) is 0 Å². The van der Waals surface area contributed by atoms with Crippen LogP contribution in [0.3, 0.4) is 0 Å². The van der Waals surface area contributed by atoms with Gasteiger partial charge in [0.1, 0.15) is 5.78 Å². The van der Waals surface area contributed by atoms with Crippen LogP contribution in [0, 0.1) is 11.8 Å². The van der Waals surface area contributed by atoms with E-state index in [1.165, 1.54) is 0 Å². The lowest BCUT2D eigenvalue weighted by Gasteiger charge is -2.10. The molecule has 1 heteroatoms. The van der Waals surface area contributed by atoms with Crippen LogP contribution in [-0.4, -0.2) is 5.78 Å². The van der Waals surface area contributed by atoms with Gasteiger partial charge in [-0.25, -0.2) is 0 Å². The third-order valence-corrected chi connectivity index (χ3v) is 2.12. The summed E-state index contributed by atoms with van der Waals surface area (Å²) >= 11 is 0. The highest BCUT2D eigenvalue weighted by Gasteiger charge is 2.10. The molecule has 0 unspecified atom stereocenters. The molecule has 0 amide bonds. The second-order valence-corrected chi connectivity index (χ2v) is 4.13. The molecular formula is C12H22O. The number of hydrogen-bond donors (Lipinski definition) is 0. The third-order valence-electron chi connectivity index (χ3n) is 2.12. The van der Waals surface area contributed by atoms with Crippen LogP contribution in [-0.2, 0) is 4.79 Å². The van der Waals surface area contributed by atoms with E-state index in [0.717, 1.165) is 12.8 Å². The highest BCUT2D eigenvalue weighted by molar-refractivity contribution is 5.78. The molecule has 0 saturated heterocycles. The Bertz CT molecular complexity index is 159. The van der Waals surface area contributed by atoms with Gasteiger partial charge in [0.05, 0.1) is 0 Å². The predicted octanol–water partition coefficient (Wildman–Crippen LogP) is 3.59. The van der Waals surface area contributed by atoms with Gasteiger partial charge in [0, 0.05) is 12.8 Å². The van der Waals surface area contributed by atoms with Crippen molar-refractivity contribution in [2.45, 2.75) is 46.5 Å². The average Bonchev–Trinajstić information content (AvgIpc) is 2.02. The number of allylic oxidation sites excluding steroid dienone is 1. The van der Waals surface area contributed by atoms with Crippen molar-refractivity contribution in [2.24, 2.45) is 11.8 Å². The second-order valence-electron chi connectivity index (χ2n) is 4.13. The maximum atomic E-state index is 11.4. The van der Waals surface area contributed by atoms with Crippen LogP contribution in [0.25, 0.3) is 0 Å². The van der Waals surface area contributed by atoms with Crippen molar-refractivity contribution in [1.82, 2.24) is 0 Å². The van der Waals surface area contributed by atoms with Gasteiger partial charge in [-0.1, -0.05) is 33.3 Å². The largest absolute Gasteiger partial charge is 0.300 e. The first-order valence-corrected chi connectivity index (χ1v) is 5.24. The van der Waals surface area contributed by atoms with Gasteiger partial charge < -0.3 is 0 Å². The fraction of sp³-hybridized carbons (Fsp3) is 0.750. The van der Waals surface area contributed by atoms with Gasteiger partial charge in [0.2, 0.25) is 0 Å². The molecule has 0 bridgehead atoms. The van der Waals surface area contributed by atoms with Crippen molar-refractivity contribution < 1.29 is 4.79 Å². The maximum Gasteiger partial charge on any atom is 0.133 e. The molecular weight excluding hydrogens is 160 g/mol. The van der Waals surface area contributed by atoms with Gasteiger partial charge in [-0.15, -0.1) is 6.58 Å². The first-order valence-electron chi connectivity index (χ1n) is 5.24. The first kappa shape index (κ1) is 12.4. The summed E-state index contributed by atoms with van der Waals surface area (Å²) in [6, 6.07) is 0. The molecule has 1 nitrogen and oxygen atoms in total. The summed E-state index contributed by atoms with van der Waals surface area (Å²) in [5.41, 5.74) is 0. The molecule has 0 N–H and O–H groups in total. The molecule has 0 saturated carbocycles. The Labute approximate surface area is 82.2 Å². The summed E-state index contributed by atoms with van der Waals surface area (Å²) in [7, 11) is 0. The summed E-state index contributed by atoms with van der Waals surface area (Å²) in [4.78, 5) is 11.4. The topological polar surface area (TPSA) is 17.1 Å². The van der Waals surface area contributed by atoms with Gasteiger partial charge in [-0.3, -0.25) is 4.79 Å². The molecule has 0 spiro atoms. The molecule has 0 aromatic heterocycles. The SMILES string of the molecule is C=C[C@@H](CCC)CC(=O)CC(C)C. The fourth-order valence-electron chi connectivity index (χ4n) is 1.51. The molecule has 1 atom stereocenters. The Morgan fingerprint density at radius 1 is 1.38 bits per heavy atom. The average molecular weight is 182 g/mol. The Morgan fingerprint density at radius 2 is 2.00 bits per heavy atom. The first-order chi connectivity index (χ1) is 6.10. The molecule has 76 valence electrons. The molecule has 0 aliphatic rings. The normalized spacial score (nSPS) is 12.9. The standard InChI is InChI=1S/C12H22O/c1-5-7-11(6-2)9-12(13)8-10(3)4/h6,10-11H,2,5,7-9H2,1,3-4H3/t11-/m0/s1. The van der Waals surface area contributed by atoms with Crippen LogP contribution in [0.5, 0.6) is 0 Å². The van der Waals surface area contributed by atoms with Gasteiger partial charge >= 0.3 is 0 Å². The zero-order valence-corrected chi connectivity index (χ0v) is 9.18. The molecule has 0 aromatic carbocycles. The summed E-state index contributed by atoms with van der Waals surface area (Å²) in [5, 5.41) is 0. The zero-order valence-electron chi connectivity index (χ0n) is 9.18. The van der Waals surface area contributed by atoms with Crippen LogP contribution in [0.4, 0.5) is 0 Å². The molecule has 0 rings (SSSR count). The number of ketones is 1. The lowest BCUT2D eigenvalue weighted by atomic mass is 9.94. The lowest BCUT2D eigenvalue weighted by molar-refractivity contribution is -0.120. The predicted molar refractivity (Wildman–Crippen MR) is 57.7 cm³/mol. The van der Waals surface area contributed by atoms with E-state index in [0.29, 0.717) is 30.5 Å². The zero-order chi connectivity index (χ0) is 10.3. The summed E-state index contributed by atoms with van der Waals surface area (Å²) in [6.45, 7) is 10.1. The van der Waals surface area contributed by atoms with Gasteiger partial charge in [-0.2, -0.15) is 0 Å². The lowest BCUT2D eigenvalue weighted by Crippen LogP contribution is -2.08. The van der Waals surface area contributed by atoms with Crippen molar-refractivity contribution in [1.29, 1.82) is 0 Å². The van der Waals surface area contributed by atoms with Crippen molar-refractivity contribution in [3.63, 3.8) is 0 Å². The van der Waals surface area contributed by atoms with Crippen molar-refractivity contribution in [3.05, 3.63) is 12.7 Å². The Kier molecular flexibility index (Phi) is 6.56. The third kappa shape index (κ3) is 6.56. The number of hydrogen-bond acceptors (Lipinski definition) is 1. The Balaban J connectivity index is 3.79. The molecule has 0 aromatic rings. The highest BCUT2D eigenvalue weighted by atomic mass is 16.1. The molecule has 0 aliphatic carbocycles. The van der Waals surface area contributed by atoms with Crippen LogP contribution < -0.4 is 0 Å². The summed E-state index contributed by atoms with van der Waals surface area (Å²) in [6.07, 6.45) is 5.55. The van der Waals surface area contributed by atoms with Crippen molar-refractivity contribution in [2.75, 3.05) is 0 Å². The smallest absolute Gasteiger partial charge is 0.133 e. The van der Waals surface area contributed by atoms with E-state index in [-0.39, 0.29) is 0 Å². The monoisotopic (exact) mass is 182 g/mol. The minimum atomic E-state index is 0.383. The molecule has 0 radical (unpaired) electrons. The van der Waals surface area contributed by atoms with Crippen molar-refractivity contribution in [3.8, 4) is 0 Å². The van der Waals surface area contributed by atoms with Gasteiger partial charge in [0.25, 0.3) is 0 Å². The molecule has 0 aliphatic heterocycles. The number of carbonyl (C=O) groups is 1. The van der Waals surface area contributed by atoms with E-state index in [1.807, 2.05) is 6.08 Å². The van der Waals surface area contributed by atoms with Crippen LogP contribution >= 0.6 is 0 Å². The Morgan fingerprint density at radius 3 is 2.38 bits per heavy atom. The summed E-state index contributed by atoms with van der Waals surface area (Å²) < 4.78 is 0. The molecule has 0 heterocycles. The van der Waals surface area contributed by atoms with E-state index in [9.17, 15) is 4.79 Å². The summed E-state index contributed by atoms with van der Waals surface area (Å²) in [5.74, 6) is 1.27. The number of rotatable bonds is 7. The number of carbonyl (C=O) groups excluding carboxylic acids is 1. The van der Waals surface area contributed by atoms with Crippen LogP contribution in [0.15, 0.2) is 12.7 Å². The minimum Gasteiger partial charge on any atom is -0.300 e. The number of Topliss-reactive ketones (excluding diaryl/α,β-unsaturated/α-hetero) is 1. The second kappa shape index (κ2) is 6.88. The van der Waals surface area contributed by atoms with E-state index < -0.39 is 0 Å². The molecule has 13 heavy (non-hydrogen) atoms. The van der Waals surface area contributed by atoms with Crippen molar-refractivity contribution >= 4 is 5.78 Å². The highest BCUT2D eigenvalue weighted by Crippen LogP contribution is 2.15. The van der Waals surface area contributed by atoms with E-state index in [4.69, 9.17) is 0 Å². The molecule has 0 fully saturated rings. The minimum absolute atomic E-state index is 0.383. The van der Waals surface area contributed by atoms with E-state index in [1.54, 1.807) is 0 Å². The van der Waals surface area contributed by atoms with E-state index in [2.05, 4.69) is 27.4 Å². The van der Waals surface area contributed by atoms with E-state index >= 15 is 0 Å². The van der Waals surface area contributed by atoms with Gasteiger partial charge in [-0.05, 0) is 18.3 Å². The maximum absolute atomic E-state index is 11.4. The Hall–Kier alpha value is -0.590. The quantitative estimate of drug-likeness (QED) is 0.550. The fourth-order valence-corrected chi connectivity index (χ4v) is 1.51.